The highest BCUT2D eigenvalue weighted by atomic mass is 79.9. The summed E-state index contributed by atoms with van der Waals surface area (Å²) in [7, 11) is 0. The molecule has 0 fully saturated rings. The van der Waals surface area contributed by atoms with Gasteiger partial charge in [-0.25, -0.2) is 0 Å². The second kappa shape index (κ2) is 7.64. The highest BCUT2D eigenvalue weighted by Gasteiger charge is 2.24. The number of amides is 2. The van der Waals surface area contributed by atoms with E-state index in [2.05, 4.69) is 27.3 Å². The summed E-state index contributed by atoms with van der Waals surface area (Å²) in [6, 6.07) is 5.19. The van der Waals surface area contributed by atoms with Crippen molar-refractivity contribution in [1.82, 2.24) is 4.90 Å². The maximum Gasteiger partial charge on any atom is 0.292 e. The molecule has 0 spiro atoms. The zero-order valence-electron chi connectivity index (χ0n) is 13.5. The molecule has 2 aromatic heterocycles. The summed E-state index contributed by atoms with van der Waals surface area (Å²) in [6.45, 7) is 6.66. The first-order valence-electron chi connectivity index (χ1n) is 7.32. The van der Waals surface area contributed by atoms with Crippen LogP contribution in [0.3, 0.4) is 0 Å². The Morgan fingerprint density at radius 2 is 2.04 bits per heavy atom. The van der Waals surface area contributed by atoms with Crippen molar-refractivity contribution >= 4 is 44.1 Å². The van der Waals surface area contributed by atoms with E-state index in [4.69, 9.17) is 4.42 Å². The van der Waals surface area contributed by atoms with Gasteiger partial charge >= 0.3 is 0 Å². The third-order valence-corrected chi connectivity index (χ3v) is 5.15. The Kier molecular flexibility index (Phi) is 5.80. The topological polar surface area (TPSA) is 86.3 Å². The van der Waals surface area contributed by atoms with Gasteiger partial charge in [0.15, 0.2) is 10.4 Å². The van der Waals surface area contributed by atoms with Crippen LogP contribution >= 0.6 is 27.3 Å². The predicted octanol–water partition coefficient (Wildman–Crippen LogP) is 4.02. The Balaban J connectivity index is 2.34. The van der Waals surface area contributed by atoms with E-state index in [1.807, 2.05) is 13.8 Å². The number of halogens is 1. The van der Waals surface area contributed by atoms with Gasteiger partial charge in [0.2, 0.25) is 0 Å². The number of anilines is 1. The fourth-order valence-electron chi connectivity index (χ4n) is 2.20. The van der Waals surface area contributed by atoms with Crippen LogP contribution in [0.25, 0.3) is 0 Å². The molecule has 0 bridgehead atoms. The number of nitrogens with zero attached hydrogens (tertiary/aromatic N) is 2. The average Bonchev–Trinajstić information content (AvgIpc) is 3.12. The standard InChI is InChI=1S/C16H16BrN3O3S/c1-4-20(5-2)16(22)13-9(3)10(8-18)15(24-13)19-14(21)11-6-7-12(17)23-11/h6-7H,4-5H2,1-3H3,(H,19,21). The molecular weight excluding hydrogens is 394 g/mol. The fourth-order valence-corrected chi connectivity index (χ4v) is 3.62. The Bertz CT molecular complexity index is 815. The summed E-state index contributed by atoms with van der Waals surface area (Å²) in [5.41, 5.74) is 0.879. The monoisotopic (exact) mass is 409 g/mol. The van der Waals surface area contributed by atoms with Gasteiger partial charge in [-0.3, -0.25) is 9.59 Å². The highest BCUT2D eigenvalue weighted by Crippen LogP contribution is 2.33. The number of furan rings is 1. The second-order valence-electron chi connectivity index (χ2n) is 4.91. The minimum Gasteiger partial charge on any atom is -0.444 e. The van der Waals surface area contributed by atoms with E-state index in [1.165, 1.54) is 6.07 Å². The van der Waals surface area contributed by atoms with E-state index in [0.717, 1.165) is 11.3 Å². The molecular formula is C16H16BrN3O3S. The third-order valence-electron chi connectivity index (χ3n) is 3.53. The summed E-state index contributed by atoms with van der Waals surface area (Å²) >= 11 is 4.24. The van der Waals surface area contributed by atoms with Crippen LogP contribution in [0, 0.1) is 18.3 Å². The molecule has 0 aliphatic carbocycles. The predicted molar refractivity (Wildman–Crippen MR) is 95.4 cm³/mol. The Labute approximate surface area is 152 Å². The molecule has 6 nitrogen and oxygen atoms in total. The number of carbonyl (C=O) groups is 2. The lowest BCUT2D eigenvalue weighted by Crippen LogP contribution is -2.30. The first-order valence-corrected chi connectivity index (χ1v) is 8.93. The van der Waals surface area contributed by atoms with E-state index in [-0.39, 0.29) is 11.7 Å². The van der Waals surface area contributed by atoms with Crippen LogP contribution in [0.2, 0.25) is 0 Å². The summed E-state index contributed by atoms with van der Waals surface area (Å²) in [5, 5.41) is 12.4. The Morgan fingerprint density at radius 1 is 1.38 bits per heavy atom. The van der Waals surface area contributed by atoms with Gasteiger partial charge in [-0.1, -0.05) is 0 Å². The number of carbonyl (C=O) groups excluding carboxylic acids is 2. The smallest absolute Gasteiger partial charge is 0.292 e. The lowest BCUT2D eigenvalue weighted by Gasteiger charge is -2.17. The lowest BCUT2D eigenvalue weighted by molar-refractivity contribution is 0.0777. The van der Waals surface area contributed by atoms with Gasteiger partial charge in [-0.2, -0.15) is 5.26 Å². The highest BCUT2D eigenvalue weighted by molar-refractivity contribution is 9.10. The van der Waals surface area contributed by atoms with Gasteiger partial charge in [0.1, 0.15) is 11.1 Å². The van der Waals surface area contributed by atoms with Crippen molar-refractivity contribution in [3.8, 4) is 6.07 Å². The zero-order valence-corrected chi connectivity index (χ0v) is 15.9. The summed E-state index contributed by atoms with van der Waals surface area (Å²) in [5.74, 6) is -0.492. The number of nitriles is 1. The number of hydrogen-bond donors (Lipinski definition) is 1. The number of nitrogens with one attached hydrogen (secondary N) is 1. The molecule has 126 valence electrons. The third kappa shape index (κ3) is 3.52. The van der Waals surface area contributed by atoms with E-state index in [0.29, 0.717) is 38.8 Å². The lowest BCUT2D eigenvalue weighted by atomic mass is 10.1. The van der Waals surface area contributed by atoms with Crippen LogP contribution in [0.4, 0.5) is 5.00 Å². The minimum absolute atomic E-state index is 0.119. The minimum atomic E-state index is -0.472. The molecule has 0 unspecified atom stereocenters. The first-order chi connectivity index (χ1) is 11.4. The molecule has 1 N–H and O–H groups in total. The average molecular weight is 410 g/mol. The molecule has 2 aromatic rings. The zero-order chi connectivity index (χ0) is 17.9. The van der Waals surface area contributed by atoms with Crippen molar-refractivity contribution < 1.29 is 14.0 Å². The van der Waals surface area contributed by atoms with Gasteiger partial charge < -0.3 is 14.6 Å². The molecule has 0 atom stereocenters. The molecule has 24 heavy (non-hydrogen) atoms. The second-order valence-corrected chi connectivity index (χ2v) is 6.71. The molecule has 0 radical (unpaired) electrons. The van der Waals surface area contributed by atoms with Crippen LogP contribution in [0.1, 0.15) is 45.2 Å². The summed E-state index contributed by atoms with van der Waals surface area (Å²) < 4.78 is 5.64. The molecule has 0 aromatic carbocycles. The quantitative estimate of drug-likeness (QED) is 0.807. The van der Waals surface area contributed by atoms with Crippen LogP contribution in [0.15, 0.2) is 21.2 Å². The van der Waals surface area contributed by atoms with Crippen molar-refractivity contribution in [2.75, 3.05) is 18.4 Å². The molecule has 0 saturated carbocycles. The van der Waals surface area contributed by atoms with Gasteiger partial charge in [0.05, 0.1) is 10.4 Å². The van der Waals surface area contributed by atoms with Crippen molar-refractivity contribution in [3.05, 3.63) is 38.6 Å². The van der Waals surface area contributed by atoms with E-state index >= 15 is 0 Å². The largest absolute Gasteiger partial charge is 0.444 e. The summed E-state index contributed by atoms with van der Waals surface area (Å²) in [4.78, 5) is 26.9. The van der Waals surface area contributed by atoms with Crippen molar-refractivity contribution in [1.29, 1.82) is 5.26 Å². The fraction of sp³-hybridized carbons (Fsp3) is 0.312. The van der Waals surface area contributed by atoms with Crippen molar-refractivity contribution in [3.63, 3.8) is 0 Å². The SMILES string of the molecule is CCN(CC)C(=O)c1sc(NC(=O)c2ccc(Br)o2)c(C#N)c1C. The molecule has 2 rings (SSSR count). The van der Waals surface area contributed by atoms with Crippen LogP contribution in [-0.4, -0.2) is 29.8 Å². The summed E-state index contributed by atoms with van der Waals surface area (Å²) in [6.07, 6.45) is 0. The Morgan fingerprint density at radius 3 is 2.54 bits per heavy atom. The number of thiophene rings is 1. The van der Waals surface area contributed by atoms with E-state index < -0.39 is 5.91 Å². The van der Waals surface area contributed by atoms with Gasteiger partial charge in [-0.15, -0.1) is 11.3 Å². The van der Waals surface area contributed by atoms with Gasteiger partial charge in [0, 0.05) is 13.1 Å². The first kappa shape index (κ1) is 18.2. The molecule has 8 heteroatoms. The molecule has 0 aliphatic heterocycles. The maximum absolute atomic E-state index is 12.6. The van der Waals surface area contributed by atoms with Gasteiger partial charge in [-0.05, 0) is 54.4 Å². The number of rotatable bonds is 5. The number of hydrogen-bond acceptors (Lipinski definition) is 5. The molecule has 2 heterocycles. The maximum atomic E-state index is 12.6. The normalized spacial score (nSPS) is 10.3. The van der Waals surface area contributed by atoms with E-state index in [9.17, 15) is 14.9 Å². The molecule has 2 amide bonds. The van der Waals surface area contributed by atoms with Crippen LogP contribution in [0.5, 0.6) is 0 Å². The molecule has 0 saturated heterocycles. The van der Waals surface area contributed by atoms with Gasteiger partial charge in [0.25, 0.3) is 11.8 Å². The molecule has 0 aliphatic rings. The van der Waals surface area contributed by atoms with Crippen molar-refractivity contribution in [2.45, 2.75) is 20.8 Å². The van der Waals surface area contributed by atoms with E-state index in [1.54, 1.807) is 17.9 Å². The van der Waals surface area contributed by atoms with Crippen LogP contribution in [-0.2, 0) is 0 Å². The Hall–Kier alpha value is -2.11. The van der Waals surface area contributed by atoms with Crippen molar-refractivity contribution in [2.24, 2.45) is 0 Å². The van der Waals surface area contributed by atoms with Crippen LogP contribution < -0.4 is 5.32 Å².